The fraction of sp³-hybridized carbons (Fsp3) is 0.211. The Hall–Kier alpha value is -2.58. The number of carbonyl (C=O) groups is 1. The van der Waals surface area contributed by atoms with Crippen molar-refractivity contribution >= 4 is 39.7 Å². The van der Waals surface area contributed by atoms with E-state index in [1.165, 1.54) is 23.1 Å². The summed E-state index contributed by atoms with van der Waals surface area (Å²) in [6.07, 6.45) is 0.861. The van der Waals surface area contributed by atoms with Crippen LogP contribution < -0.4 is 14.8 Å². The summed E-state index contributed by atoms with van der Waals surface area (Å²) in [6.45, 7) is 0.691. The molecule has 0 saturated carbocycles. The van der Waals surface area contributed by atoms with Gasteiger partial charge in [0, 0.05) is 17.7 Å². The van der Waals surface area contributed by atoms with Gasteiger partial charge >= 0.3 is 0 Å². The monoisotopic (exact) mass is 399 g/mol. The SMILES string of the molecule is COc1ccc(Nc2nnc(SCC(=O)c3ccc4c(c3)CCO4)s2)cc1. The van der Waals surface area contributed by atoms with Crippen LogP contribution in [0.5, 0.6) is 11.5 Å². The van der Waals surface area contributed by atoms with Crippen molar-refractivity contribution in [2.75, 3.05) is 24.8 Å². The van der Waals surface area contributed by atoms with Crippen LogP contribution >= 0.6 is 23.1 Å². The zero-order chi connectivity index (χ0) is 18.6. The van der Waals surface area contributed by atoms with Gasteiger partial charge in [0.05, 0.1) is 19.5 Å². The van der Waals surface area contributed by atoms with E-state index in [9.17, 15) is 4.79 Å². The summed E-state index contributed by atoms with van der Waals surface area (Å²) < 4.78 is 11.4. The van der Waals surface area contributed by atoms with Crippen LogP contribution in [0.4, 0.5) is 10.8 Å². The minimum absolute atomic E-state index is 0.0783. The standard InChI is InChI=1S/C19H17N3O3S2/c1-24-15-5-3-14(4-6-15)20-18-21-22-19(27-18)26-11-16(23)12-2-7-17-13(10-12)8-9-25-17/h2-7,10H,8-9,11H2,1H3,(H,20,21). The lowest BCUT2D eigenvalue weighted by Gasteiger charge is -2.03. The molecule has 6 nitrogen and oxygen atoms in total. The highest BCUT2D eigenvalue weighted by Crippen LogP contribution is 2.30. The van der Waals surface area contributed by atoms with Crippen molar-refractivity contribution in [1.29, 1.82) is 0 Å². The van der Waals surface area contributed by atoms with Gasteiger partial charge in [-0.2, -0.15) is 0 Å². The van der Waals surface area contributed by atoms with E-state index in [-0.39, 0.29) is 5.78 Å². The molecule has 2 heterocycles. The van der Waals surface area contributed by atoms with Gasteiger partial charge in [0.15, 0.2) is 10.1 Å². The van der Waals surface area contributed by atoms with Gasteiger partial charge in [-0.3, -0.25) is 4.79 Å². The van der Waals surface area contributed by atoms with Crippen molar-refractivity contribution in [3.8, 4) is 11.5 Å². The zero-order valence-corrected chi connectivity index (χ0v) is 16.2. The molecule has 0 radical (unpaired) electrons. The molecule has 4 rings (SSSR count). The predicted octanol–water partition coefficient (Wildman–Crippen LogP) is 4.20. The number of fused-ring (bicyclic) bond motifs is 1. The lowest BCUT2D eigenvalue weighted by atomic mass is 10.1. The van der Waals surface area contributed by atoms with Crippen molar-refractivity contribution < 1.29 is 14.3 Å². The molecule has 1 N–H and O–H groups in total. The molecule has 1 aliphatic rings. The number of Topliss-reactive ketones (excluding diaryl/α,β-unsaturated/α-hetero) is 1. The summed E-state index contributed by atoms with van der Waals surface area (Å²) in [5, 5.41) is 12.2. The molecule has 0 amide bonds. The highest BCUT2D eigenvalue weighted by atomic mass is 32.2. The molecule has 0 unspecified atom stereocenters. The van der Waals surface area contributed by atoms with Gasteiger partial charge in [-0.1, -0.05) is 23.1 Å². The Morgan fingerprint density at radius 2 is 2.11 bits per heavy atom. The first-order chi connectivity index (χ1) is 13.2. The first-order valence-corrected chi connectivity index (χ1v) is 10.2. The second-order valence-corrected chi connectivity index (χ2v) is 8.06. The zero-order valence-electron chi connectivity index (χ0n) is 14.6. The summed E-state index contributed by atoms with van der Waals surface area (Å²) >= 11 is 2.82. The molecule has 3 aromatic rings. The smallest absolute Gasteiger partial charge is 0.210 e. The van der Waals surface area contributed by atoms with Crippen LogP contribution in [0.2, 0.25) is 0 Å². The molecular formula is C19H17N3O3S2. The highest BCUT2D eigenvalue weighted by Gasteiger charge is 2.16. The number of thioether (sulfide) groups is 1. The van der Waals surface area contributed by atoms with Crippen molar-refractivity contribution in [3.63, 3.8) is 0 Å². The molecule has 0 atom stereocenters. The molecule has 1 aromatic heterocycles. The van der Waals surface area contributed by atoms with E-state index >= 15 is 0 Å². The average molecular weight is 399 g/mol. The van der Waals surface area contributed by atoms with Crippen LogP contribution in [0.15, 0.2) is 46.8 Å². The van der Waals surface area contributed by atoms with Crippen LogP contribution in [-0.2, 0) is 6.42 Å². The number of methoxy groups -OCH3 is 1. The Kier molecular flexibility index (Phi) is 5.26. The number of hydrogen-bond donors (Lipinski definition) is 1. The quantitative estimate of drug-likeness (QED) is 0.471. The lowest BCUT2D eigenvalue weighted by Crippen LogP contribution is -2.02. The first-order valence-electron chi connectivity index (χ1n) is 8.37. The fourth-order valence-corrected chi connectivity index (χ4v) is 4.35. The normalized spacial score (nSPS) is 12.3. The number of aromatic nitrogens is 2. The number of benzene rings is 2. The Balaban J connectivity index is 1.34. The average Bonchev–Trinajstić information content (AvgIpc) is 3.35. The number of hydrogen-bond acceptors (Lipinski definition) is 8. The van der Waals surface area contributed by atoms with Gasteiger partial charge in [0.25, 0.3) is 0 Å². The number of anilines is 2. The maximum Gasteiger partial charge on any atom is 0.210 e. The molecule has 0 bridgehead atoms. The number of ketones is 1. The maximum absolute atomic E-state index is 12.4. The Labute approximate surface area is 164 Å². The van der Waals surface area contributed by atoms with E-state index in [0.717, 1.165) is 33.5 Å². The second kappa shape index (κ2) is 7.98. The minimum Gasteiger partial charge on any atom is -0.497 e. The van der Waals surface area contributed by atoms with Gasteiger partial charge in [-0.05, 0) is 48.0 Å². The Bertz CT molecular complexity index is 957. The summed E-state index contributed by atoms with van der Waals surface area (Å²) in [5.41, 5.74) is 2.72. The van der Waals surface area contributed by atoms with E-state index < -0.39 is 0 Å². The van der Waals surface area contributed by atoms with Crippen molar-refractivity contribution in [2.24, 2.45) is 0 Å². The van der Waals surface area contributed by atoms with Crippen molar-refractivity contribution in [2.45, 2.75) is 10.8 Å². The first kappa shape index (κ1) is 17.8. The van der Waals surface area contributed by atoms with E-state index in [4.69, 9.17) is 9.47 Å². The largest absolute Gasteiger partial charge is 0.497 e. The van der Waals surface area contributed by atoms with E-state index in [1.54, 1.807) is 7.11 Å². The van der Waals surface area contributed by atoms with Crippen LogP contribution in [0.1, 0.15) is 15.9 Å². The lowest BCUT2D eigenvalue weighted by molar-refractivity contribution is 0.102. The van der Waals surface area contributed by atoms with E-state index in [0.29, 0.717) is 23.1 Å². The second-order valence-electron chi connectivity index (χ2n) is 5.86. The van der Waals surface area contributed by atoms with Crippen LogP contribution in [-0.4, -0.2) is 35.5 Å². The molecule has 8 heteroatoms. The third-order valence-corrected chi connectivity index (χ3v) is 6.06. The molecular weight excluding hydrogens is 382 g/mol. The molecule has 2 aromatic carbocycles. The molecule has 138 valence electrons. The minimum atomic E-state index is 0.0783. The molecule has 27 heavy (non-hydrogen) atoms. The van der Waals surface area contributed by atoms with E-state index in [2.05, 4.69) is 15.5 Å². The number of carbonyl (C=O) groups excluding carboxylic acids is 1. The van der Waals surface area contributed by atoms with E-state index in [1.807, 2.05) is 42.5 Å². The molecule has 0 aliphatic carbocycles. The maximum atomic E-state index is 12.4. The predicted molar refractivity (Wildman–Crippen MR) is 107 cm³/mol. The third kappa shape index (κ3) is 4.23. The van der Waals surface area contributed by atoms with Gasteiger partial charge < -0.3 is 14.8 Å². The van der Waals surface area contributed by atoms with Gasteiger partial charge in [-0.15, -0.1) is 10.2 Å². The summed E-state index contributed by atoms with van der Waals surface area (Å²) in [7, 11) is 1.63. The van der Waals surface area contributed by atoms with Gasteiger partial charge in [-0.25, -0.2) is 0 Å². The van der Waals surface area contributed by atoms with Crippen LogP contribution in [0, 0.1) is 0 Å². The van der Waals surface area contributed by atoms with Gasteiger partial charge in [0.1, 0.15) is 11.5 Å². The topological polar surface area (TPSA) is 73.3 Å². The molecule has 0 spiro atoms. The number of ether oxygens (including phenoxy) is 2. The number of rotatable bonds is 7. The number of nitrogens with one attached hydrogen (secondary N) is 1. The molecule has 1 aliphatic heterocycles. The third-order valence-electron chi connectivity index (χ3n) is 4.09. The summed E-state index contributed by atoms with van der Waals surface area (Å²) in [5.74, 6) is 2.09. The van der Waals surface area contributed by atoms with Crippen LogP contribution in [0.25, 0.3) is 0 Å². The van der Waals surface area contributed by atoms with Crippen molar-refractivity contribution in [1.82, 2.24) is 10.2 Å². The fourth-order valence-electron chi connectivity index (χ4n) is 2.69. The van der Waals surface area contributed by atoms with Crippen molar-refractivity contribution in [3.05, 3.63) is 53.6 Å². The summed E-state index contributed by atoms with van der Waals surface area (Å²) in [4.78, 5) is 12.4. The van der Waals surface area contributed by atoms with Gasteiger partial charge in [0.2, 0.25) is 5.13 Å². The number of nitrogens with zero attached hydrogens (tertiary/aromatic N) is 2. The molecule has 0 fully saturated rings. The highest BCUT2D eigenvalue weighted by molar-refractivity contribution is 8.01. The Morgan fingerprint density at radius 3 is 2.93 bits per heavy atom. The van der Waals surface area contributed by atoms with Crippen LogP contribution in [0.3, 0.4) is 0 Å². The Morgan fingerprint density at radius 1 is 1.26 bits per heavy atom. The molecule has 0 saturated heterocycles. The summed E-state index contributed by atoms with van der Waals surface area (Å²) in [6, 6.07) is 13.2.